The molecule has 0 fully saturated rings. The van der Waals surface area contributed by atoms with Gasteiger partial charge in [-0.1, -0.05) is 29.8 Å². The SMILES string of the molecule is CC(Nc1cc(S(N)(=O)=O)ccc1Cl)c1ccccc1F. The third-order valence-electron chi connectivity index (χ3n) is 3.01. The molecule has 0 aliphatic heterocycles. The Kier molecular flexibility index (Phi) is 4.51. The van der Waals surface area contributed by atoms with E-state index in [0.29, 0.717) is 16.3 Å². The van der Waals surface area contributed by atoms with Gasteiger partial charge in [0.1, 0.15) is 5.82 Å². The van der Waals surface area contributed by atoms with Crippen LogP contribution in [0, 0.1) is 5.82 Å². The topological polar surface area (TPSA) is 72.2 Å². The van der Waals surface area contributed by atoms with Crippen LogP contribution < -0.4 is 10.5 Å². The van der Waals surface area contributed by atoms with Crippen LogP contribution in [0.1, 0.15) is 18.5 Å². The summed E-state index contributed by atoms with van der Waals surface area (Å²) >= 11 is 6.03. The number of hydrogen-bond acceptors (Lipinski definition) is 3. The molecule has 21 heavy (non-hydrogen) atoms. The molecule has 0 amide bonds. The van der Waals surface area contributed by atoms with Crippen molar-refractivity contribution in [2.45, 2.75) is 17.9 Å². The quantitative estimate of drug-likeness (QED) is 0.904. The number of benzene rings is 2. The molecule has 0 aliphatic carbocycles. The molecule has 0 radical (unpaired) electrons. The fraction of sp³-hybridized carbons (Fsp3) is 0.143. The molecule has 0 spiro atoms. The van der Waals surface area contributed by atoms with E-state index in [9.17, 15) is 12.8 Å². The summed E-state index contributed by atoms with van der Waals surface area (Å²) in [6, 6.07) is 10.0. The molecule has 0 aromatic heterocycles. The summed E-state index contributed by atoms with van der Waals surface area (Å²) in [5.74, 6) is -0.351. The molecule has 2 aromatic carbocycles. The van der Waals surface area contributed by atoms with Crippen LogP contribution in [0.15, 0.2) is 47.4 Å². The van der Waals surface area contributed by atoms with Crippen LogP contribution in [-0.4, -0.2) is 8.42 Å². The van der Waals surface area contributed by atoms with Gasteiger partial charge in [-0.15, -0.1) is 0 Å². The van der Waals surface area contributed by atoms with E-state index in [4.69, 9.17) is 16.7 Å². The van der Waals surface area contributed by atoms with Gasteiger partial charge >= 0.3 is 0 Å². The second-order valence-corrected chi connectivity index (χ2v) is 6.54. The van der Waals surface area contributed by atoms with Crippen LogP contribution >= 0.6 is 11.6 Å². The van der Waals surface area contributed by atoms with E-state index in [2.05, 4.69) is 5.32 Å². The zero-order chi connectivity index (χ0) is 15.6. The Morgan fingerprint density at radius 1 is 1.24 bits per heavy atom. The number of anilines is 1. The van der Waals surface area contributed by atoms with Gasteiger partial charge in [0, 0.05) is 5.56 Å². The third kappa shape index (κ3) is 3.72. The van der Waals surface area contributed by atoms with E-state index in [1.54, 1.807) is 25.1 Å². The van der Waals surface area contributed by atoms with Gasteiger partial charge in [-0.3, -0.25) is 0 Å². The standard InChI is InChI=1S/C14H14ClFN2O2S/c1-9(11-4-2-3-5-13(11)16)18-14-8-10(21(17,19)20)6-7-12(14)15/h2-9,18H,1H3,(H2,17,19,20). The summed E-state index contributed by atoms with van der Waals surface area (Å²) in [7, 11) is -3.82. The first-order chi connectivity index (χ1) is 9.79. The number of halogens is 2. The number of hydrogen-bond donors (Lipinski definition) is 2. The molecule has 1 unspecified atom stereocenters. The first kappa shape index (κ1) is 15.8. The maximum Gasteiger partial charge on any atom is 0.238 e. The van der Waals surface area contributed by atoms with Crippen LogP contribution in [0.3, 0.4) is 0 Å². The normalized spacial score (nSPS) is 13.0. The first-order valence-electron chi connectivity index (χ1n) is 6.12. The molecule has 112 valence electrons. The van der Waals surface area contributed by atoms with Crippen LogP contribution in [-0.2, 0) is 10.0 Å². The second kappa shape index (κ2) is 6.01. The van der Waals surface area contributed by atoms with Crippen molar-refractivity contribution in [3.63, 3.8) is 0 Å². The lowest BCUT2D eigenvalue weighted by atomic mass is 10.1. The third-order valence-corrected chi connectivity index (χ3v) is 4.25. The lowest BCUT2D eigenvalue weighted by molar-refractivity contribution is 0.597. The second-order valence-electron chi connectivity index (χ2n) is 4.57. The first-order valence-corrected chi connectivity index (χ1v) is 8.05. The summed E-state index contributed by atoms with van der Waals surface area (Å²) in [6.07, 6.45) is 0. The monoisotopic (exact) mass is 328 g/mol. The van der Waals surface area contributed by atoms with Crippen molar-refractivity contribution in [3.8, 4) is 0 Å². The molecule has 2 rings (SSSR count). The fourth-order valence-electron chi connectivity index (χ4n) is 1.93. The Hall–Kier alpha value is -1.63. The van der Waals surface area contributed by atoms with Crippen molar-refractivity contribution in [1.29, 1.82) is 0 Å². The molecule has 0 saturated carbocycles. The minimum absolute atomic E-state index is 0.0601. The fourth-order valence-corrected chi connectivity index (χ4v) is 2.64. The van der Waals surface area contributed by atoms with Crippen molar-refractivity contribution in [3.05, 3.63) is 58.9 Å². The van der Waals surface area contributed by atoms with E-state index in [1.807, 2.05) is 0 Å². The van der Waals surface area contributed by atoms with Crippen molar-refractivity contribution in [1.82, 2.24) is 0 Å². The average molecular weight is 329 g/mol. The maximum atomic E-state index is 13.7. The average Bonchev–Trinajstić information content (AvgIpc) is 2.40. The number of sulfonamides is 1. The molecular formula is C14H14ClFN2O2S. The van der Waals surface area contributed by atoms with E-state index in [1.165, 1.54) is 24.3 Å². The Morgan fingerprint density at radius 2 is 1.90 bits per heavy atom. The molecular weight excluding hydrogens is 315 g/mol. The lowest BCUT2D eigenvalue weighted by Gasteiger charge is -2.18. The van der Waals surface area contributed by atoms with Crippen LogP contribution in [0.25, 0.3) is 0 Å². The molecule has 0 bridgehead atoms. The van der Waals surface area contributed by atoms with Gasteiger partial charge in [-0.05, 0) is 31.2 Å². The van der Waals surface area contributed by atoms with Gasteiger partial charge < -0.3 is 5.32 Å². The van der Waals surface area contributed by atoms with E-state index in [-0.39, 0.29) is 16.8 Å². The number of nitrogens with one attached hydrogen (secondary N) is 1. The Morgan fingerprint density at radius 3 is 2.52 bits per heavy atom. The van der Waals surface area contributed by atoms with Crippen LogP contribution in [0.5, 0.6) is 0 Å². The predicted molar refractivity (Wildman–Crippen MR) is 81.3 cm³/mol. The molecule has 4 nitrogen and oxygen atoms in total. The summed E-state index contributed by atoms with van der Waals surface area (Å²) in [5.41, 5.74) is 0.827. The molecule has 2 aromatic rings. The summed E-state index contributed by atoms with van der Waals surface area (Å²) in [4.78, 5) is -0.0601. The van der Waals surface area contributed by atoms with Crippen LogP contribution in [0.4, 0.5) is 10.1 Å². The Balaban J connectivity index is 2.33. The summed E-state index contributed by atoms with van der Waals surface area (Å²) in [6.45, 7) is 1.75. The highest BCUT2D eigenvalue weighted by Crippen LogP contribution is 2.29. The predicted octanol–water partition coefficient (Wildman–Crippen LogP) is 3.30. The van der Waals surface area contributed by atoms with Gasteiger partial charge in [0.05, 0.1) is 21.6 Å². The Labute approximate surface area is 127 Å². The molecule has 1 atom stereocenters. The summed E-state index contributed by atoms with van der Waals surface area (Å²) in [5, 5.41) is 8.40. The van der Waals surface area contributed by atoms with E-state index in [0.717, 1.165) is 0 Å². The highest BCUT2D eigenvalue weighted by molar-refractivity contribution is 7.89. The number of rotatable bonds is 4. The van der Waals surface area contributed by atoms with Gasteiger partial charge in [0.2, 0.25) is 10.0 Å². The molecule has 7 heteroatoms. The van der Waals surface area contributed by atoms with Gasteiger partial charge in [0.15, 0.2) is 0 Å². The summed E-state index contributed by atoms with van der Waals surface area (Å²) < 4.78 is 36.4. The zero-order valence-electron chi connectivity index (χ0n) is 11.2. The number of primary sulfonamides is 1. The van der Waals surface area contributed by atoms with Crippen molar-refractivity contribution in [2.75, 3.05) is 5.32 Å². The van der Waals surface area contributed by atoms with E-state index >= 15 is 0 Å². The van der Waals surface area contributed by atoms with Crippen molar-refractivity contribution in [2.24, 2.45) is 5.14 Å². The lowest BCUT2D eigenvalue weighted by Crippen LogP contribution is -2.13. The molecule has 0 aliphatic rings. The van der Waals surface area contributed by atoms with Crippen molar-refractivity contribution < 1.29 is 12.8 Å². The zero-order valence-corrected chi connectivity index (χ0v) is 12.7. The minimum Gasteiger partial charge on any atom is -0.377 e. The van der Waals surface area contributed by atoms with Gasteiger partial charge in [-0.2, -0.15) is 0 Å². The minimum atomic E-state index is -3.82. The molecule has 0 saturated heterocycles. The van der Waals surface area contributed by atoms with Crippen LogP contribution in [0.2, 0.25) is 5.02 Å². The molecule has 3 N–H and O–H groups in total. The smallest absolute Gasteiger partial charge is 0.238 e. The van der Waals surface area contributed by atoms with E-state index < -0.39 is 10.0 Å². The van der Waals surface area contributed by atoms with Crippen molar-refractivity contribution >= 4 is 27.3 Å². The Bertz CT molecular complexity index is 765. The van der Waals surface area contributed by atoms with Gasteiger partial charge in [0.25, 0.3) is 0 Å². The largest absolute Gasteiger partial charge is 0.377 e. The highest BCUT2D eigenvalue weighted by Gasteiger charge is 2.14. The molecule has 0 heterocycles. The maximum absolute atomic E-state index is 13.7. The highest BCUT2D eigenvalue weighted by atomic mass is 35.5. The van der Waals surface area contributed by atoms with Gasteiger partial charge in [-0.25, -0.2) is 17.9 Å². The number of nitrogens with two attached hydrogens (primary N) is 1.